The first-order valence-electron chi connectivity index (χ1n) is 6.03. The van der Waals surface area contributed by atoms with Crippen LogP contribution in [0.4, 0.5) is 11.4 Å². The lowest BCUT2D eigenvalue weighted by Crippen LogP contribution is -2.14. The van der Waals surface area contributed by atoms with Gasteiger partial charge in [-0.25, -0.2) is 0 Å². The van der Waals surface area contributed by atoms with E-state index in [-0.39, 0.29) is 5.91 Å². The molecule has 0 heterocycles. The van der Waals surface area contributed by atoms with Crippen LogP contribution >= 0.6 is 15.9 Å². The van der Waals surface area contributed by atoms with E-state index in [9.17, 15) is 4.79 Å². The van der Waals surface area contributed by atoms with E-state index < -0.39 is 0 Å². The van der Waals surface area contributed by atoms with Crippen molar-refractivity contribution >= 4 is 33.2 Å². The van der Waals surface area contributed by atoms with Gasteiger partial charge in [-0.2, -0.15) is 0 Å². The zero-order valence-electron chi connectivity index (χ0n) is 11.2. The SMILES string of the molecule is COc1cc(Br)ccc1C(=O)Nc1cccc(N)c1C. The normalized spacial score (nSPS) is 10.2. The second-order valence-corrected chi connectivity index (χ2v) is 5.23. The van der Waals surface area contributed by atoms with Gasteiger partial charge in [0.05, 0.1) is 12.7 Å². The molecule has 0 fully saturated rings. The summed E-state index contributed by atoms with van der Waals surface area (Å²) in [7, 11) is 1.53. The van der Waals surface area contributed by atoms with E-state index in [0.29, 0.717) is 22.7 Å². The van der Waals surface area contributed by atoms with Gasteiger partial charge in [0.1, 0.15) is 5.75 Å². The summed E-state index contributed by atoms with van der Waals surface area (Å²) in [5.41, 5.74) is 8.48. The summed E-state index contributed by atoms with van der Waals surface area (Å²) in [6.07, 6.45) is 0. The van der Waals surface area contributed by atoms with Gasteiger partial charge in [0.25, 0.3) is 5.91 Å². The van der Waals surface area contributed by atoms with Crippen LogP contribution < -0.4 is 15.8 Å². The third-order valence-electron chi connectivity index (χ3n) is 3.03. The summed E-state index contributed by atoms with van der Waals surface area (Å²) in [6, 6.07) is 10.7. The quantitative estimate of drug-likeness (QED) is 0.843. The molecule has 2 aromatic carbocycles. The Labute approximate surface area is 126 Å². The van der Waals surface area contributed by atoms with E-state index in [1.807, 2.05) is 13.0 Å². The van der Waals surface area contributed by atoms with Gasteiger partial charge in [-0.15, -0.1) is 0 Å². The molecule has 3 N–H and O–H groups in total. The van der Waals surface area contributed by atoms with Crippen LogP contribution in [0.15, 0.2) is 40.9 Å². The number of benzene rings is 2. The lowest BCUT2D eigenvalue weighted by atomic mass is 10.1. The van der Waals surface area contributed by atoms with E-state index in [0.717, 1.165) is 10.0 Å². The molecule has 0 aliphatic rings. The molecule has 0 bridgehead atoms. The van der Waals surface area contributed by atoms with Gasteiger partial charge in [-0.1, -0.05) is 22.0 Å². The van der Waals surface area contributed by atoms with Gasteiger partial charge in [-0.05, 0) is 42.8 Å². The van der Waals surface area contributed by atoms with Crippen LogP contribution in [0.2, 0.25) is 0 Å². The topological polar surface area (TPSA) is 64.3 Å². The van der Waals surface area contributed by atoms with Gasteiger partial charge < -0.3 is 15.8 Å². The molecule has 0 saturated heterocycles. The Bertz CT molecular complexity index is 656. The highest BCUT2D eigenvalue weighted by molar-refractivity contribution is 9.10. The fourth-order valence-electron chi connectivity index (χ4n) is 1.83. The maximum absolute atomic E-state index is 12.3. The molecule has 0 radical (unpaired) electrons. The summed E-state index contributed by atoms with van der Waals surface area (Å²) in [5, 5.41) is 2.85. The summed E-state index contributed by atoms with van der Waals surface area (Å²) < 4.78 is 6.08. The molecule has 2 aromatic rings. The number of hydrogen-bond acceptors (Lipinski definition) is 3. The van der Waals surface area contributed by atoms with Crippen LogP contribution in [-0.4, -0.2) is 13.0 Å². The zero-order valence-corrected chi connectivity index (χ0v) is 12.8. The lowest BCUT2D eigenvalue weighted by Gasteiger charge is -2.12. The first kappa shape index (κ1) is 14.4. The number of anilines is 2. The van der Waals surface area contributed by atoms with Crippen molar-refractivity contribution in [2.45, 2.75) is 6.92 Å². The van der Waals surface area contributed by atoms with Crippen LogP contribution in [0.3, 0.4) is 0 Å². The van der Waals surface area contributed by atoms with Crippen LogP contribution in [0.25, 0.3) is 0 Å². The molecule has 4 nitrogen and oxygen atoms in total. The number of amides is 1. The smallest absolute Gasteiger partial charge is 0.259 e. The number of nitrogens with two attached hydrogens (primary N) is 1. The summed E-state index contributed by atoms with van der Waals surface area (Å²) in [4.78, 5) is 12.3. The number of halogens is 1. The molecule has 0 spiro atoms. The van der Waals surface area contributed by atoms with Gasteiger partial charge in [0.15, 0.2) is 0 Å². The Kier molecular flexibility index (Phi) is 4.29. The largest absolute Gasteiger partial charge is 0.496 e. The molecule has 5 heteroatoms. The van der Waals surface area contributed by atoms with E-state index >= 15 is 0 Å². The van der Waals surface area contributed by atoms with Crippen molar-refractivity contribution in [3.8, 4) is 5.75 Å². The molecule has 1 amide bonds. The van der Waals surface area contributed by atoms with E-state index in [1.54, 1.807) is 30.3 Å². The number of carbonyl (C=O) groups is 1. The Morgan fingerprint density at radius 1 is 1.30 bits per heavy atom. The summed E-state index contributed by atoms with van der Waals surface area (Å²) in [6.45, 7) is 1.86. The molecule has 2 rings (SSSR count). The Morgan fingerprint density at radius 3 is 2.75 bits per heavy atom. The molecule has 0 atom stereocenters. The van der Waals surface area contributed by atoms with Crippen LogP contribution in [0.5, 0.6) is 5.75 Å². The fraction of sp³-hybridized carbons (Fsp3) is 0.133. The number of nitrogens with one attached hydrogen (secondary N) is 1. The molecule has 104 valence electrons. The lowest BCUT2D eigenvalue weighted by molar-refractivity contribution is 0.102. The van der Waals surface area contributed by atoms with Crippen molar-refractivity contribution in [3.05, 3.63) is 52.0 Å². The zero-order chi connectivity index (χ0) is 14.7. The predicted molar refractivity (Wildman–Crippen MR) is 84.2 cm³/mol. The Morgan fingerprint density at radius 2 is 2.05 bits per heavy atom. The van der Waals surface area contributed by atoms with Crippen molar-refractivity contribution in [2.75, 3.05) is 18.2 Å². The number of hydrogen-bond donors (Lipinski definition) is 2. The summed E-state index contributed by atoms with van der Waals surface area (Å²) in [5.74, 6) is 0.279. The fourth-order valence-corrected chi connectivity index (χ4v) is 2.17. The first-order chi connectivity index (χ1) is 9.52. The predicted octanol–water partition coefficient (Wildman–Crippen LogP) is 3.60. The van der Waals surface area contributed by atoms with Crippen molar-refractivity contribution in [3.63, 3.8) is 0 Å². The summed E-state index contributed by atoms with van der Waals surface area (Å²) >= 11 is 3.35. The van der Waals surface area contributed by atoms with Crippen molar-refractivity contribution in [1.29, 1.82) is 0 Å². The van der Waals surface area contributed by atoms with Crippen LogP contribution in [0, 0.1) is 6.92 Å². The van der Waals surface area contributed by atoms with Crippen LogP contribution in [0.1, 0.15) is 15.9 Å². The highest BCUT2D eigenvalue weighted by Crippen LogP contribution is 2.26. The maximum atomic E-state index is 12.3. The minimum Gasteiger partial charge on any atom is -0.496 e. The second kappa shape index (κ2) is 5.96. The standard InChI is InChI=1S/C15H15BrN2O2/c1-9-12(17)4-3-5-13(9)18-15(19)11-7-6-10(16)8-14(11)20-2/h3-8H,17H2,1-2H3,(H,18,19). The van der Waals surface area contributed by atoms with Gasteiger partial charge in [0, 0.05) is 15.8 Å². The average molecular weight is 335 g/mol. The van der Waals surface area contributed by atoms with Crippen molar-refractivity contribution in [2.24, 2.45) is 0 Å². The van der Waals surface area contributed by atoms with Crippen LogP contribution in [-0.2, 0) is 0 Å². The Balaban J connectivity index is 2.31. The number of ether oxygens (including phenoxy) is 1. The molecule has 0 saturated carbocycles. The molecule has 0 aliphatic heterocycles. The molecule has 0 unspecified atom stereocenters. The van der Waals surface area contributed by atoms with Gasteiger partial charge in [0.2, 0.25) is 0 Å². The molecule has 20 heavy (non-hydrogen) atoms. The number of methoxy groups -OCH3 is 1. The molecular weight excluding hydrogens is 320 g/mol. The highest BCUT2D eigenvalue weighted by Gasteiger charge is 2.14. The molecular formula is C15H15BrN2O2. The first-order valence-corrected chi connectivity index (χ1v) is 6.82. The Hall–Kier alpha value is -2.01. The maximum Gasteiger partial charge on any atom is 0.259 e. The third-order valence-corrected chi connectivity index (χ3v) is 3.53. The van der Waals surface area contributed by atoms with Gasteiger partial charge in [-0.3, -0.25) is 4.79 Å². The van der Waals surface area contributed by atoms with Crippen molar-refractivity contribution in [1.82, 2.24) is 0 Å². The second-order valence-electron chi connectivity index (χ2n) is 4.32. The average Bonchev–Trinajstić information content (AvgIpc) is 2.43. The van der Waals surface area contributed by atoms with E-state index in [2.05, 4.69) is 21.2 Å². The van der Waals surface area contributed by atoms with Gasteiger partial charge >= 0.3 is 0 Å². The molecule has 0 aliphatic carbocycles. The number of rotatable bonds is 3. The minimum absolute atomic E-state index is 0.233. The highest BCUT2D eigenvalue weighted by atomic mass is 79.9. The third kappa shape index (κ3) is 2.93. The number of carbonyl (C=O) groups excluding carboxylic acids is 1. The van der Waals surface area contributed by atoms with E-state index in [4.69, 9.17) is 10.5 Å². The number of nitrogen functional groups attached to an aromatic ring is 1. The molecule has 0 aromatic heterocycles. The van der Waals surface area contributed by atoms with E-state index in [1.165, 1.54) is 7.11 Å². The minimum atomic E-state index is -0.233. The monoisotopic (exact) mass is 334 g/mol. The van der Waals surface area contributed by atoms with Crippen molar-refractivity contribution < 1.29 is 9.53 Å².